The van der Waals surface area contributed by atoms with Gasteiger partial charge in [-0.15, -0.1) is 0 Å². The summed E-state index contributed by atoms with van der Waals surface area (Å²) < 4.78 is 27.9. The summed E-state index contributed by atoms with van der Waals surface area (Å²) in [5.41, 5.74) is 6.74. The number of anilines is 1. The van der Waals surface area contributed by atoms with Gasteiger partial charge in [-0.25, -0.2) is 13.1 Å². The molecule has 1 saturated heterocycles. The molecule has 21 heavy (non-hydrogen) atoms. The second-order valence-electron chi connectivity index (χ2n) is 5.47. The third-order valence-corrected chi connectivity index (χ3v) is 5.79. The monoisotopic (exact) mass is 331 g/mol. The summed E-state index contributed by atoms with van der Waals surface area (Å²) >= 11 is 5.94. The summed E-state index contributed by atoms with van der Waals surface area (Å²) in [7, 11) is -3.61. The molecule has 0 amide bonds. The molecule has 0 aliphatic carbocycles. The molecule has 5 nitrogen and oxygen atoms in total. The largest absolute Gasteiger partial charge is 0.398 e. The Morgan fingerprint density at radius 1 is 1.48 bits per heavy atom. The van der Waals surface area contributed by atoms with Crippen LogP contribution in [0, 0.1) is 6.92 Å². The minimum absolute atomic E-state index is 0.0664. The first kappa shape index (κ1) is 16.5. The molecule has 7 heteroatoms. The molecule has 0 bridgehead atoms. The highest BCUT2D eigenvalue weighted by Crippen LogP contribution is 2.26. The quantitative estimate of drug-likeness (QED) is 0.827. The standard InChI is InChI=1S/C14H22ClN3O2S/c1-3-18-6-4-5-12(9-18)17-21(19,20)14-8-11(15)7-13(16)10(14)2/h7-8,12,17H,3-6,9,16H2,1-2H3. The average molecular weight is 332 g/mol. The lowest BCUT2D eigenvalue weighted by atomic mass is 10.1. The molecule has 3 N–H and O–H groups in total. The van der Waals surface area contributed by atoms with Gasteiger partial charge in [0.2, 0.25) is 10.0 Å². The van der Waals surface area contributed by atoms with Crippen molar-refractivity contribution in [2.24, 2.45) is 0 Å². The highest BCUT2D eigenvalue weighted by molar-refractivity contribution is 7.89. The zero-order chi connectivity index (χ0) is 15.6. The molecule has 0 spiro atoms. The zero-order valence-electron chi connectivity index (χ0n) is 12.4. The molecule has 2 rings (SSSR count). The van der Waals surface area contributed by atoms with Crippen LogP contribution in [0.25, 0.3) is 0 Å². The van der Waals surface area contributed by atoms with Crippen LogP contribution in [0.5, 0.6) is 0 Å². The number of hydrogen-bond donors (Lipinski definition) is 2. The minimum atomic E-state index is -3.61. The second kappa shape index (κ2) is 6.52. The minimum Gasteiger partial charge on any atom is -0.398 e. The fourth-order valence-electron chi connectivity index (χ4n) is 2.68. The van der Waals surface area contributed by atoms with Crippen molar-refractivity contribution in [3.8, 4) is 0 Å². The first-order valence-corrected chi connectivity index (χ1v) is 9.00. The number of piperidine rings is 1. The van der Waals surface area contributed by atoms with Crippen molar-refractivity contribution in [1.29, 1.82) is 0 Å². The Bertz CT molecular complexity index is 619. The van der Waals surface area contributed by atoms with E-state index in [0.717, 1.165) is 32.5 Å². The highest BCUT2D eigenvalue weighted by atomic mass is 35.5. The summed E-state index contributed by atoms with van der Waals surface area (Å²) in [5.74, 6) is 0. The number of likely N-dealkylation sites (tertiary alicyclic amines) is 1. The number of nitrogens with zero attached hydrogens (tertiary/aromatic N) is 1. The molecule has 0 saturated carbocycles. The predicted molar refractivity (Wildman–Crippen MR) is 86.1 cm³/mol. The van der Waals surface area contributed by atoms with Crippen molar-refractivity contribution in [1.82, 2.24) is 9.62 Å². The molecule has 1 aliphatic rings. The highest BCUT2D eigenvalue weighted by Gasteiger charge is 2.26. The van der Waals surface area contributed by atoms with Gasteiger partial charge in [-0.1, -0.05) is 18.5 Å². The molecule has 1 heterocycles. The van der Waals surface area contributed by atoms with E-state index in [1.54, 1.807) is 13.0 Å². The van der Waals surface area contributed by atoms with Crippen LogP contribution in [-0.2, 0) is 10.0 Å². The van der Waals surface area contributed by atoms with Crippen molar-refractivity contribution >= 4 is 27.3 Å². The first-order chi connectivity index (χ1) is 9.83. The molecule has 0 radical (unpaired) electrons. The number of sulfonamides is 1. The van der Waals surface area contributed by atoms with Gasteiger partial charge in [0.05, 0.1) is 4.90 Å². The van der Waals surface area contributed by atoms with Crippen LogP contribution < -0.4 is 10.5 Å². The van der Waals surface area contributed by atoms with Gasteiger partial charge in [0.1, 0.15) is 0 Å². The summed E-state index contributed by atoms with van der Waals surface area (Å²) in [6.45, 7) is 6.47. The number of rotatable bonds is 4. The normalized spacial score (nSPS) is 20.6. The Labute approximate surface area is 131 Å². The summed E-state index contributed by atoms with van der Waals surface area (Å²) in [6, 6.07) is 2.95. The molecule has 0 aromatic heterocycles. The van der Waals surface area contributed by atoms with Gasteiger partial charge < -0.3 is 10.6 Å². The second-order valence-corrected chi connectivity index (χ2v) is 7.59. The Morgan fingerprint density at radius 3 is 2.86 bits per heavy atom. The van der Waals surface area contributed by atoms with Crippen molar-refractivity contribution in [2.75, 3.05) is 25.4 Å². The third-order valence-electron chi connectivity index (χ3n) is 3.93. The average Bonchev–Trinajstić information content (AvgIpc) is 2.42. The summed E-state index contributed by atoms with van der Waals surface area (Å²) in [6.07, 6.45) is 1.85. The summed E-state index contributed by atoms with van der Waals surface area (Å²) in [4.78, 5) is 2.41. The van der Waals surface area contributed by atoms with E-state index in [4.69, 9.17) is 17.3 Å². The van der Waals surface area contributed by atoms with Gasteiger partial charge in [-0.3, -0.25) is 0 Å². The van der Waals surface area contributed by atoms with Crippen LogP contribution in [0.2, 0.25) is 5.02 Å². The van der Waals surface area contributed by atoms with Gasteiger partial charge in [0.25, 0.3) is 0 Å². The van der Waals surface area contributed by atoms with E-state index >= 15 is 0 Å². The van der Waals surface area contributed by atoms with Crippen molar-refractivity contribution in [3.05, 3.63) is 22.7 Å². The number of nitrogens with one attached hydrogen (secondary N) is 1. The lowest BCUT2D eigenvalue weighted by molar-refractivity contribution is 0.211. The zero-order valence-corrected chi connectivity index (χ0v) is 14.0. The summed E-state index contributed by atoms with van der Waals surface area (Å²) in [5, 5.41) is 0.331. The number of nitrogens with two attached hydrogens (primary N) is 1. The van der Waals surface area contributed by atoms with Crippen LogP contribution in [0.3, 0.4) is 0 Å². The van der Waals surface area contributed by atoms with Gasteiger partial charge in [0.15, 0.2) is 0 Å². The molecule has 1 aromatic rings. The molecule has 1 aliphatic heterocycles. The predicted octanol–water partition coefficient (Wildman–Crippen LogP) is 1.99. The molecular weight excluding hydrogens is 310 g/mol. The fourth-order valence-corrected chi connectivity index (χ4v) is 4.53. The number of benzene rings is 1. The van der Waals surface area contributed by atoms with Crippen LogP contribution in [0.15, 0.2) is 17.0 Å². The molecular formula is C14H22ClN3O2S. The smallest absolute Gasteiger partial charge is 0.241 e. The number of nitrogen functional groups attached to an aromatic ring is 1. The van der Waals surface area contributed by atoms with Crippen molar-refractivity contribution in [3.63, 3.8) is 0 Å². The topological polar surface area (TPSA) is 75.4 Å². The Kier molecular flexibility index (Phi) is 5.14. The Balaban J connectivity index is 2.23. The van der Waals surface area contributed by atoms with Gasteiger partial charge in [0, 0.05) is 23.3 Å². The van der Waals surface area contributed by atoms with Gasteiger partial charge in [-0.05, 0) is 50.6 Å². The Morgan fingerprint density at radius 2 is 2.19 bits per heavy atom. The maximum atomic E-state index is 12.6. The van der Waals surface area contributed by atoms with E-state index in [1.165, 1.54) is 6.07 Å². The maximum absolute atomic E-state index is 12.6. The van der Waals surface area contributed by atoms with Gasteiger partial charge >= 0.3 is 0 Å². The van der Waals surface area contributed by atoms with E-state index in [2.05, 4.69) is 16.5 Å². The maximum Gasteiger partial charge on any atom is 0.241 e. The third kappa shape index (κ3) is 3.88. The lowest BCUT2D eigenvalue weighted by Crippen LogP contribution is -2.47. The molecule has 1 fully saturated rings. The Hall–Kier alpha value is -0.820. The van der Waals surface area contributed by atoms with Crippen LogP contribution in [0.4, 0.5) is 5.69 Å². The molecule has 118 valence electrons. The SMILES string of the molecule is CCN1CCCC(NS(=O)(=O)c2cc(Cl)cc(N)c2C)C1. The van der Waals surface area contributed by atoms with Gasteiger partial charge in [-0.2, -0.15) is 0 Å². The van der Waals surface area contributed by atoms with E-state index in [9.17, 15) is 8.42 Å². The van der Waals surface area contributed by atoms with Crippen molar-refractivity contribution in [2.45, 2.75) is 37.6 Å². The number of halogens is 1. The van der Waals surface area contributed by atoms with E-state index in [0.29, 0.717) is 16.3 Å². The van der Waals surface area contributed by atoms with Crippen LogP contribution in [0.1, 0.15) is 25.3 Å². The van der Waals surface area contributed by atoms with Crippen molar-refractivity contribution < 1.29 is 8.42 Å². The molecule has 1 atom stereocenters. The van der Waals surface area contributed by atoms with E-state index in [-0.39, 0.29) is 10.9 Å². The number of likely N-dealkylation sites (N-methyl/N-ethyl adjacent to an activating group) is 1. The van der Waals surface area contributed by atoms with Crippen LogP contribution >= 0.6 is 11.6 Å². The fraction of sp³-hybridized carbons (Fsp3) is 0.571. The molecule has 1 unspecified atom stereocenters. The first-order valence-electron chi connectivity index (χ1n) is 7.13. The van der Waals surface area contributed by atoms with E-state index < -0.39 is 10.0 Å². The molecule has 1 aromatic carbocycles. The lowest BCUT2D eigenvalue weighted by Gasteiger charge is -2.32. The van der Waals surface area contributed by atoms with E-state index in [1.807, 2.05) is 0 Å². The van der Waals surface area contributed by atoms with Crippen LogP contribution in [-0.4, -0.2) is 39.0 Å². The number of hydrogen-bond acceptors (Lipinski definition) is 4.